The molecule has 0 aliphatic heterocycles. The molecule has 0 saturated heterocycles. The molecule has 2 fully saturated rings. The first-order valence-corrected chi connectivity index (χ1v) is 32.6. The summed E-state index contributed by atoms with van der Waals surface area (Å²) in [6.45, 7) is 0. The SMILES string of the molecule is C(=Cc1ccc2c(c1)C1(CCCC1)c1cc3c(cc1-2)C1(CCCC1)c1cc(C=Cc2ccc(-c4ccc5c(c4)c4ccccc4n5-c4ccc5ccccc5c4)cc2)ccc1-3)c1ccc(-c2ccc3c(c2)c2ccccc2n3-c2ccc3ccccc3c2)cc1. The van der Waals surface area contributed by atoms with Gasteiger partial charge in [0.05, 0.1) is 22.1 Å². The Kier molecular flexibility index (Phi) is 11.4. The van der Waals surface area contributed by atoms with E-state index in [4.69, 9.17) is 0 Å². The highest BCUT2D eigenvalue weighted by molar-refractivity contribution is 6.12. The highest BCUT2D eigenvalue weighted by Crippen LogP contribution is 2.63. The number of fused-ring (bicyclic) bond motifs is 18. The van der Waals surface area contributed by atoms with Crippen LogP contribution in [0.1, 0.15) is 95.9 Å². The second-order valence-corrected chi connectivity index (χ2v) is 26.3. The van der Waals surface area contributed by atoms with Crippen molar-refractivity contribution >= 4 is 89.5 Å². The maximum atomic E-state index is 2.69. The molecule has 2 spiro atoms. The molecule has 0 atom stereocenters. The van der Waals surface area contributed by atoms with E-state index in [0.717, 1.165) is 0 Å². The first kappa shape index (κ1) is 51.5. The molecule has 4 aliphatic rings. The molecule has 13 aromatic carbocycles. The largest absolute Gasteiger partial charge is 0.309 e. The molecule has 19 rings (SSSR count). The lowest BCUT2D eigenvalue weighted by atomic mass is 9.74. The lowest BCUT2D eigenvalue weighted by Crippen LogP contribution is -2.22. The second-order valence-electron chi connectivity index (χ2n) is 26.3. The summed E-state index contributed by atoms with van der Waals surface area (Å²) in [5.74, 6) is 0. The smallest absolute Gasteiger partial charge is 0.0541 e. The van der Waals surface area contributed by atoms with Crippen LogP contribution in [0.2, 0.25) is 0 Å². The number of benzene rings is 13. The summed E-state index contributed by atoms with van der Waals surface area (Å²) in [4.78, 5) is 0. The summed E-state index contributed by atoms with van der Waals surface area (Å²) in [6.07, 6.45) is 19.2. The van der Waals surface area contributed by atoms with Gasteiger partial charge in [-0.15, -0.1) is 0 Å². The summed E-state index contributed by atoms with van der Waals surface area (Å²) in [6, 6.07) is 101. The van der Waals surface area contributed by atoms with E-state index in [1.165, 1.54) is 195 Å². The fourth-order valence-corrected chi connectivity index (χ4v) is 17.2. The number of aromatic nitrogens is 2. The summed E-state index contributed by atoms with van der Waals surface area (Å²) < 4.78 is 4.84. The van der Waals surface area contributed by atoms with Crippen LogP contribution in [0.5, 0.6) is 0 Å². The fraction of sp³-hybridized carbons (Fsp3) is 0.114. The third-order valence-electron chi connectivity index (χ3n) is 21.6. The van der Waals surface area contributed by atoms with Crippen molar-refractivity contribution in [1.82, 2.24) is 9.13 Å². The van der Waals surface area contributed by atoms with Crippen LogP contribution in [0, 0.1) is 0 Å². The average Bonchev–Trinajstić information content (AvgIpc) is 1.54. The van der Waals surface area contributed by atoms with Crippen molar-refractivity contribution in [2.45, 2.75) is 62.2 Å². The molecule has 0 radical (unpaired) electrons. The molecule has 0 unspecified atom stereocenters. The third kappa shape index (κ3) is 7.90. The minimum Gasteiger partial charge on any atom is -0.309 e. The van der Waals surface area contributed by atoms with Gasteiger partial charge in [-0.25, -0.2) is 0 Å². The van der Waals surface area contributed by atoms with E-state index in [9.17, 15) is 0 Å². The van der Waals surface area contributed by atoms with Crippen molar-refractivity contribution in [3.05, 3.63) is 311 Å². The van der Waals surface area contributed by atoms with Crippen molar-refractivity contribution in [2.75, 3.05) is 0 Å². The monoisotopic (exact) mass is 1150 g/mol. The third-order valence-corrected chi connectivity index (χ3v) is 21.6. The Balaban J connectivity index is 0.585. The summed E-state index contributed by atoms with van der Waals surface area (Å²) >= 11 is 0. The van der Waals surface area contributed by atoms with Crippen LogP contribution in [-0.4, -0.2) is 9.13 Å². The van der Waals surface area contributed by atoms with Gasteiger partial charge >= 0.3 is 0 Å². The predicted octanol–water partition coefficient (Wildman–Crippen LogP) is 23.5. The minimum atomic E-state index is 0.0590. The molecule has 0 N–H and O–H groups in total. The molecular weight excluding hydrogens is 1080 g/mol. The summed E-state index contributed by atoms with van der Waals surface area (Å²) in [5.41, 5.74) is 29.4. The molecule has 4 aliphatic carbocycles. The van der Waals surface area contributed by atoms with Gasteiger partial charge in [0.2, 0.25) is 0 Å². The van der Waals surface area contributed by atoms with E-state index >= 15 is 0 Å². The molecule has 2 heteroatoms. The number of rotatable bonds is 8. The highest BCUT2D eigenvalue weighted by Gasteiger charge is 2.50. The van der Waals surface area contributed by atoms with Crippen molar-refractivity contribution in [1.29, 1.82) is 0 Å². The first-order valence-electron chi connectivity index (χ1n) is 32.6. The van der Waals surface area contributed by atoms with E-state index in [1.54, 1.807) is 22.3 Å². The number of hydrogen-bond acceptors (Lipinski definition) is 0. The zero-order chi connectivity index (χ0) is 59.1. The normalized spacial score (nSPS) is 15.3. The molecule has 2 heterocycles. The molecule has 90 heavy (non-hydrogen) atoms. The van der Waals surface area contributed by atoms with Crippen LogP contribution < -0.4 is 0 Å². The Morgan fingerprint density at radius 1 is 0.244 bits per heavy atom. The maximum absolute atomic E-state index is 2.69. The lowest BCUT2D eigenvalue weighted by Gasteiger charge is -2.29. The van der Waals surface area contributed by atoms with Crippen LogP contribution >= 0.6 is 0 Å². The number of nitrogens with zero attached hydrogens (tertiary/aromatic N) is 2. The average molecular weight is 1150 g/mol. The molecule has 0 amide bonds. The quantitative estimate of drug-likeness (QED) is 0.134. The van der Waals surface area contributed by atoms with E-state index in [0.29, 0.717) is 0 Å². The van der Waals surface area contributed by atoms with Crippen molar-refractivity contribution < 1.29 is 0 Å². The maximum Gasteiger partial charge on any atom is 0.0541 e. The molecule has 2 saturated carbocycles. The standard InChI is InChI=1S/C88H64N2/c1-3-15-65-51-69(39-35-61(65)13-1)89-83-19-7-5-17-73(83)77-53-67(37-43-85(77)89)63-31-25-57(26-32-63)21-23-59-29-41-71-75-55-82-76(56-81(75)87(79(71)49-59)45-9-10-46-87)72-42-30-60(50-80(72)88(82)47-11-12-48-88)24-22-58-27-33-64(34-28-58)68-38-44-86-78(54-68)74-18-6-8-20-84(74)90(86)70-40-36-62-14-2-4-16-66(62)52-70/h1-8,13-44,49-56H,9-12,45-48H2. The zero-order valence-electron chi connectivity index (χ0n) is 50.3. The Bertz CT molecular complexity index is 5190. The second kappa shape index (κ2) is 20.0. The Hall–Kier alpha value is -10.5. The lowest BCUT2D eigenvalue weighted by molar-refractivity contribution is 0.543. The molecule has 0 bridgehead atoms. The Morgan fingerprint density at radius 3 is 1.04 bits per heavy atom. The first-order chi connectivity index (χ1) is 44.5. The molecule has 426 valence electrons. The van der Waals surface area contributed by atoms with E-state index < -0.39 is 0 Å². The molecule has 2 aromatic heterocycles. The van der Waals surface area contributed by atoms with Crippen molar-refractivity contribution in [2.24, 2.45) is 0 Å². The molecular formula is C88H64N2. The Labute approximate surface area is 525 Å². The van der Waals surface area contributed by atoms with Gasteiger partial charge in [0, 0.05) is 43.7 Å². The topological polar surface area (TPSA) is 9.86 Å². The minimum absolute atomic E-state index is 0.0590. The predicted molar refractivity (Wildman–Crippen MR) is 381 cm³/mol. The van der Waals surface area contributed by atoms with Gasteiger partial charge in [-0.3, -0.25) is 0 Å². The zero-order valence-corrected chi connectivity index (χ0v) is 50.3. The number of para-hydroxylation sites is 2. The summed E-state index contributed by atoms with van der Waals surface area (Å²) in [7, 11) is 0. The van der Waals surface area contributed by atoms with Gasteiger partial charge in [0.1, 0.15) is 0 Å². The van der Waals surface area contributed by atoms with Gasteiger partial charge in [0.15, 0.2) is 0 Å². The fourth-order valence-electron chi connectivity index (χ4n) is 17.2. The van der Waals surface area contributed by atoms with E-state index in [1.807, 2.05) is 0 Å². The Morgan fingerprint density at radius 2 is 0.600 bits per heavy atom. The van der Waals surface area contributed by atoms with Gasteiger partial charge in [-0.05, 0) is 209 Å². The van der Waals surface area contributed by atoms with Crippen LogP contribution in [0.15, 0.2) is 267 Å². The van der Waals surface area contributed by atoms with Crippen molar-refractivity contribution in [3.63, 3.8) is 0 Å². The van der Waals surface area contributed by atoms with Crippen LogP contribution in [0.25, 0.3) is 145 Å². The van der Waals surface area contributed by atoms with E-state index in [-0.39, 0.29) is 10.8 Å². The number of hydrogen-bond donors (Lipinski definition) is 0. The van der Waals surface area contributed by atoms with Crippen LogP contribution in [0.4, 0.5) is 0 Å². The molecule has 2 nitrogen and oxygen atoms in total. The van der Waals surface area contributed by atoms with Gasteiger partial charge in [0.25, 0.3) is 0 Å². The highest BCUT2D eigenvalue weighted by atomic mass is 15.0. The van der Waals surface area contributed by atoms with Gasteiger partial charge < -0.3 is 9.13 Å². The summed E-state index contributed by atoms with van der Waals surface area (Å²) in [5, 5.41) is 10.1. The molecule has 15 aromatic rings. The van der Waals surface area contributed by atoms with Gasteiger partial charge in [-0.2, -0.15) is 0 Å². The van der Waals surface area contributed by atoms with E-state index in [2.05, 4.69) is 300 Å². The van der Waals surface area contributed by atoms with Crippen LogP contribution in [-0.2, 0) is 10.8 Å². The van der Waals surface area contributed by atoms with Gasteiger partial charge in [-0.1, -0.05) is 244 Å². The van der Waals surface area contributed by atoms with Crippen molar-refractivity contribution in [3.8, 4) is 55.9 Å². The van der Waals surface area contributed by atoms with Crippen LogP contribution in [0.3, 0.4) is 0 Å².